The van der Waals surface area contributed by atoms with Gasteiger partial charge in [0.05, 0.1) is 6.10 Å². The van der Waals surface area contributed by atoms with Crippen LogP contribution in [0.2, 0.25) is 0 Å². The van der Waals surface area contributed by atoms with Crippen LogP contribution in [0.5, 0.6) is 0 Å². The first-order valence-electron chi connectivity index (χ1n) is 5.60. The predicted molar refractivity (Wildman–Crippen MR) is 49.0 cm³/mol. The summed E-state index contributed by atoms with van der Waals surface area (Å²) < 4.78 is 0. The Labute approximate surface area is 79.0 Å². The van der Waals surface area contributed by atoms with Gasteiger partial charge in [0.1, 0.15) is 0 Å². The number of rotatable bonds is 1. The molecule has 6 unspecified atom stereocenters. The average Bonchev–Trinajstić information content (AvgIpc) is 2.71. The van der Waals surface area contributed by atoms with Crippen molar-refractivity contribution in [2.45, 2.75) is 31.8 Å². The molecule has 0 spiro atoms. The number of hydrogen-bond donors (Lipinski definition) is 2. The molecule has 2 N–H and O–H groups in total. The maximum Gasteiger partial charge on any atom is 0.0574 e. The van der Waals surface area contributed by atoms with Crippen LogP contribution in [0.4, 0.5) is 0 Å². The molecule has 0 aliphatic heterocycles. The minimum absolute atomic E-state index is 0.0431. The molecule has 0 radical (unpaired) electrons. The molecule has 0 aromatic carbocycles. The largest absolute Gasteiger partial charge is 0.396 e. The third kappa shape index (κ3) is 0.962. The van der Waals surface area contributed by atoms with Gasteiger partial charge in [0.2, 0.25) is 0 Å². The summed E-state index contributed by atoms with van der Waals surface area (Å²) in [6.45, 7) is 0.344. The molecule has 0 heterocycles. The standard InChI is InChI=1S/C11H18O2/c12-5-6-1-2-8-7-3-9(11(6)8)10(13)4-7/h6-13H,1-5H2. The van der Waals surface area contributed by atoms with Gasteiger partial charge in [-0.1, -0.05) is 0 Å². The van der Waals surface area contributed by atoms with Gasteiger partial charge in [-0.15, -0.1) is 0 Å². The highest BCUT2D eigenvalue weighted by molar-refractivity contribution is 5.05. The van der Waals surface area contributed by atoms with E-state index in [-0.39, 0.29) is 6.10 Å². The van der Waals surface area contributed by atoms with Crippen molar-refractivity contribution in [1.82, 2.24) is 0 Å². The molecule has 74 valence electrons. The molecule has 0 amide bonds. The molecule has 3 aliphatic rings. The second-order valence-corrected chi connectivity index (χ2v) is 5.22. The van der Waals surface area contributed by atoms with Crippen molar-refractivity contribution in [2.75, 3.05) is 6.61 Å². The Morgan fingerprint density at radius 1 is 1.08 bits per heavy atom. The van der Waals surface area contributed by atoms with Gasteiger partial charge in [0.25, 0.3) is 0 Å². The van der Waals surface area contributed by atoms with E-state index in [1.807, 2.05) is 0 Å². The highest BCUT2D eigenvalue weighted by Gasteiger charge is 2.56. The van der Waals surface area contributed by atoms with Crippen molar-refractivity contribution < 1.29 is 10.2 Å². The first-order valence-corrected chi connectivity index (χ1v) is 5.60. The van der Waals surface area contributed by atoms with Crippen molar-refractivity contribution in [3.05, 3.63) is 0 Å². The van der Waals surface area contributed by atoms with Gasteiger partial charge in [-0.3, -0.25) is 0 Å². The molecule has 2 heteroatoms. The molecule has 2 bridgehead atoms. The van der Waals surface area contributed by atoms with Gasteiger partial charge in [-0.05, 0) is 55.3 Å². The minimum Gasteiger partial charge on any atom is -0.396 e. The van der Waals surface area contributed by atoms with E-state index in [1.54, 1.807) is 0 Å². The molecule has 0 aromatic heterocycles. The zero-order valence-electron chi connectivity index (χ0n) is 7.89. The Balaban J connectivity index is 1.85. The molecule has 0 aromatic rings. The lowest BCUT2D eigenvalue weighted by Crippen LogP contribution is -2.32. The number of hydrogen-bond acceptors (Lipinski definition) is 2. The number of aliphatic hydroxyl groups excluding tert-OH is 2. The van der Waals surface area contributed by atoms with Crippen LogP contribution in [-0.4, -0.2) is 22.9 Å². The Morgan fingerprint density at radius 3 is 2.69 bits per heavy atom. The second-order valence-electron chi connectivity index (χ2n) is 5.22. The lowest BCUT2D eigenvalue weighted by molar-refractivity contribution is 0.0372. The van der Waals surface area contributed by atoms with E-state index in [2.05, 4.69) is 0 Å². The Bertz CT molecular complexity index is 216. The Morgan fingerprint density at radius 2 is 1.92 bits per heavy atom. The van der Waals surface area contributed by atoms with Crippen LogP contribution >= 0.6 is 0 Å². The Hall–Kier alpha value is -0.0800. The second kappa shape index (κ2) is 2.71. The molecule has 3 aliphatic carbocycles. The maximum absolute atomic E-state index is 9.80. The first-order chi connectivity index (χ1) is 6.31. The van der Waals surface area contributed by atoms with Crippen molar-refractivity contribution >= 4 is 0 Å². The topological polar surface area (TPSA) is 40.5 Å². The molecular weight excluding hydrogens is 164 g/mol. The smallest absolute Gasteiger partial charge is 0.0574 e. The summed E-state index contributed by atoms with van der Waals surface area (Å²) in [5, 5.41) is 19.0. The normalized spacial score (nSPS) is 58.6. The first kappa shape index (κ1) is 8.25. The van der Waals surface area contributed by atoms with Gasteiger partial charge in [-0.25, -0.2) is 0 Å². The molecule has 3 fully saturated rings. The zero-order chi connectivity index (χ0) is 9.00. The maximum atomic E-state index is 9.80. The third-order valence-corrected chi connectivity index (χ3v) is 4.86. The van der Waals surface area contributed by atoms with E-state index in [4.69, 9.17) is 0 Å². The summed E-state index contributed by atoms with van der Waals surface area (Å²) in [6.07, 6.45) is 4.75. The van der Waals surface area contributed by atoms with Gasteiger partial charge >= 0.3 is 0 Å². The lowest BCUT2D eigenvalue weighted by atomic mass is 9.77. The quantitative estimate of drug-likeness (QED) is 0.635. The fraction of sp³-hybridized carbons (Fsp3) is 1.00. The Kier molecular flexibility index (Phi) is 1.72. The van der Waals surface area contributed by atoms with Gasteiger partial charge < -0.3 is 10.2 Å². The third-order valence-electron chi connectivity index (χ3n) is 4.86. The van der Waals surface area contributed by atoms with Crippen LogP contribution in [0.25, 0.3) is 0 Å². The fourth-order valence-corrected chi connectivity index (χ4v) is 4.42. The highest BCUT2D eigenvalue weighted by Crippen LogP contribution is 2.60. The molecule has 3 rings (SSSR count). The van der Waals surface area contributed by atoms with E-state index in [0.29, 0.717) is 24.4 Å². The SMILES string of the molecule is OCC1CCC2C3CC(O)C(C3)C12. The summed E-state index contributed by atoms with van der Waals surface area (Å²) in [7, 11) is 0. The van der Waals surface area contributed by atoms with Crippen molar-refractivity contribution in [1.29, 1.82) is 0 Å². The highest BCUT2D eigenvalue weighted by atomic mass is 16.3. The van der Waals surface area contributed by atoms with E-state index in [9.17, 15) is 10.2 Å². The molecule has 0 saturated heterocycles. The monoisotopic (exact) mass is 182 g/mol. The van der Waals surface area contributed by atoms with Crippen LogP contribution in [-0.2, 0) is 0 Å². The molecule has 6 atom stereocenters. The van der Waals surface area contributed by atoms with Crippen LogP contribution in [0.1, 0.15) is 25.7 Å². The molecule has 2 nitrogen and oxygen atoms in total. The average molecular weight is 182 g/mol. The van der Waals surface area contributed by atoms with Gasteiger partial charge in [0, 0.05) is 6.61 Å². The van der Waals surface area contributed by atoms with Crippen molar-refractivity contribution in [3.63, 3.8) is 0 Å². The van der Waals surface area contributed by atoms with E-state index >= 15 is 0 Å². The summed E-state index contributed by atoms with van der Waals surface area (Å²) in [4.78, 5) is 0. The summed E-state index contributed by atoms with van der Waals surface area (Å²) in [5.41, 5.74) is 0. The van der Waals surface area contributed by atoms with Gasteiger partial charge in [0.15, 0.2) is 0 Å². The molecule has 3 saturated carbocycles. The summed E-state index contributed by atoms with van der Waals surface area (Å²) in [5.74, 6) is 3.36. The minimum atomic E-state index is -0.0431. The number of aliphatic hydroxyl groups is 2. The van der Waals surface area contributed by atoms with E-state index in [1.165, 1.54) is 19.3 Å². The molecule has 13 heavy (non-hydrogen) atoms. The lowest BCUT2D eigenvalue weighted by Gasteiger charge is -2.31. The van der Waals surface area contributed by atoms with Crippen LogP contribution in [0.15, 0.2) is 0 Å². The summed E-state index contributed by atoms with van der Waals surface area (Å²) >= 11 is 0. The van der Waals surface area contributed by atoms with E-state index < -0.39 is 0 Å². The number of fused-ring (bicyclic) bond motifs is 5. The van der Waals surface area contributed by atoms with Gasteiger partial charge in [-0.2, -0.15) is 0 Å². The van der Waals surface area contributed by atoms with Crippen LogP contribution < -0.4 is 0 Å². The van der Waals surface area contributed by atoms with Crippen molar-refractivity contribution in [3.8, 4) is 0 Å². The van der Waals surface area contributed by atoms with Crippen LogP contribution in [0, 0.1) is 29.6 Å². The zero-order valence-corrected chi connectivity index (χ0v) is 7.89. The fourth-order valence-electron chi connectivity index (χ4n) is 4.42. The van der Waals surface area contributed by atoms with Crippen LogP contribution in [0.3, 0.4) is 0 Å². The molecular formula is C11H18O2. The van der Waals surface area contributed by atoms with E-state index in [0.717, 1.165) is 18.3 Å². The summed E-state index contributed by atoms with van der Waals surface area (Å²) in [6, 6.07) is 0. The van der Waals surface area contributed by atoms with Crippen molar-refractivity contribution in [2.24, 2.45) is 29.6 Å². The predicted octanol–water partition coefficient (Wildman–Crippen LogP) is 1.02.